The summed E-state index contributed by atoms with van der Waals surface area (Å²) >= 11 is 6.23. The molecule has 0 amide bonds. The number of rotatable bonds is 4. The minimum absolute atomic E-state index is 0.0241. The van der Waals surface area contributed by atoms with Crippen molar-refractivity contribution in [1.29, 1.82) is 0 Å². The lowest BCUT2D eigenvalue weighted by Gasteiger charge is -2.21. The average Bonchev–Trinajstić information content (AvgIpc) is 2.54. The van der Waals surface area contributed by atoms with Crippen LogP contribution in [0.2, 0.25) is 5.02 Å². The zero-order valence-corrected chi connectivity index (χ0v) is 12.3. The van der Waals surface area contributed by atoms with Gasteiger partial charge in [-0.25, -0.2) is 0 Å². The van der Waals surface area contributed by atoms with Crippen LogP contribution in [0.4, 0.5) is 5.69 Å². The van der Waals surface area contributed by atoms with Crippen LogP contribution in [0, 0.1) is 0 Å². The van der Waals surface area contributed by atoms with Crippen molar-refractivity contribution in [3.05, 3.63) is 77.3 Å². The molecule has 0 aliphatic heterocycles. The predicted octanol–water partition coefficient (Wildman–Crippen LogP) is 4.61. The summed E-state index contributed by atoms with van der Waals surface area (Å²) in [7, 11) is 0. The highest BCUT2D eigenvalue weighted by Gasteiger charge is 2.13. The number of benzene rings is 3. The molecule has 2 nitrogen and oxygen atoms in total. The summed E-state index contributed by atoms with van der Waals surface area (Å²) < 4.78 is 0. The molecule has 0 heterocycles. The molecule has 3 rings (SSSR count). The molecule has 0 aliphatic rings. The molecular formula is C18H17ClN2. The third-order valence-electron chi connectivity index (χ3n) is 3.64. The molecule has 0 fully saturated rings. The number of para-hydroxylation sites is 1. The Kier molecular flexibility index (Phi) is 4.09. The van der Waals surface area contributed by atoms with E-state index < -0.39 is 0 Å². The van der Waals surface area contributed by atoms with Crippen LogP contribution in [0.5, 0.6) is 0 Å². The lowest BCUT2D eigenvalue weighted by atomic mass is 9.98. The van der Waals surface area contributed by atoms with E-state index in [9.17, 15) is 0 Å². The molecule has 3 N–H and O–H groups in total. The molecule has 106 valence electrons. The Morgan fingerprint density at radius 2 is 1.62 bits per heavy atom. The van der Waals surface area contributed by atoms with Crippen molar-refractivity contribution in [3.63, 3.8) is 0 Å². The Bertz CT molecular complexity index is 750. The minimum Gasteiger partial charge on any atom is -0.376 e. The maximum Gasteiger partial charge on any atom is 0.0642 e. The van der Waals surface area contributed by atoms with E-state index >= 15 is 0 Å². The Morgan fingerprint density at radius 3 is 2.43 bits per heavy atom. The van der Waals surface area contributed by atoms with Crippen molar-refractivity contribution in [1.82, 2.24) is 0 Å². The number of nitrogens with two attached hydrogens (primary N) is 1. The number of nitrogens with one attached hydrogen (secondary N) is 1. The van der Waals surface area contributed by atoms with E-state index in [1.165, 1.54) is 16.3 Å². The van der Waals surface area contributed by atoms with Crippen LogP contribution in [0.3, 0.4) is 0 Å². The lowest BCUT2D eigenvalue weighted by molar-refractivity contribution is 0.797. The van der Waals surface area contributed by atoms with Crippen molar-refractivity contribution in [2.24, 2.45) is 5.73 Å². The highest BCUT2D eigenvalue weighted by Crippen LogP contribution is 2.29. The monoisotopic (exact) mass is 296 g/mol. The highest BCUT2D eigenvalue weighted by molar-refractivity contribution is 6.33. The van der Waals surface area contributed by atoms with E-state index in [4.69, 9.17) is 17.3 Å². The van der Waals surface area contributed by atoms with E-state index in [1.54, 1.807) is 0 Å². The van der Waals surface area contributed by atoms with E-state index in [0.717, 1.165) is 5.69 Å². The molecule has 1 atom stereocenters. The summed E-state index contributed by atoms with van der Waals surface area (Å²) in [4.78, 5) is 0. The van der Waals surface area contributed by atoms with Gasteiger partial charge in [0.1, 0.15) is 0 Å². The van der Waals surface area contributed by atoms with Gasteiger partial charge in [0.2, 0.25) is 0 Å². The van der Waals surface area contributed by atoms with Gasteiger partial charge in [-0.1, -0.05) is 66.2 Å². The molecule has 0 spiro atoms. The van der Waals surface area contributed by atoms with Crippen LogP contribution in [0.1, 0.15) is 11.6 Å². The number of halogens is 1. The first kappa shape index (κ1) is 13.9. The van der Waals surface area contributed by atoms with Gasteiger partial charge in [0, 0.05) is 6.54 Å². The van der Waals surface area contributed by atoms with Crippen molar-refractivity contribution in [2.75, 3.05) is 11.9 Å². The molecule has 3 heteroatoms. The maximum atomic E-state index is 6.23. The summed E-state index contributed by atoms with van der Waals surface area (Å²) in [6.45, 7) is 0.499. The second-order valence-corrected chi connectivity index (χ2v) is 5.39. The lowest BCUT2D eigenvalue weighted by Crippen LogP contribution is -2.21. The Labute approximate surface area is 129 Å². The average molecular weight is 297 g/mol. The second-order valence-electron chi connectivity index (χ2n) is 4.98. The van der Waals surface area contributed by atoms with Crippen LogP contribution < -0.4 is 11.1 Å². The zero-order valence-electron chi connectivity index (χ0n) is 11.6. The summed E-state index contributed by atoms with van der Waals surface area (Å²) in [6, 6.07) is 22.4. The molecule has 3 aromatic rings. The summed E-state index contributed by atoms with van der Waals surface area (Å²) in [6.07, 6.45) is 0. The smallest absolute Gasteiger partial charge is 0.0642 e. The highest BCUT2D eigenvalue weighted by atomic mass is 35.5. The Balaban J connectivity index is 2.01. The molecule has 3 aromatic carbocycles. The second kappa shape index (κ2) is 6.17. The number of anilines is 1. The van der Waals surface area contributed by atoms with E-state index in [1.807, 2.05) is 30.3 Å². The standard InChI is InChI=1S/C18H17ClN2/c19-16-10-3-4-11-17(16)21-18(12-20)15-9-5-7-13-6-1-2-8-14(13)15/h1-11,18,21H,12,20H2. The molecule has 1 unspecified atom stereocenters. The Morgan fingerprint density at radius 1 is 0.905 bits per heavy atom. The van der Waals surface area contributed by atoms with Crippen molar-refractivity contribution in [3.8, 4) is 0 Å². The quantitative estimate of drug-likeness (QED) is 0.738. The number of hydrogen-bond donors (Lipinski definition) is 2. The van der Waals surface area contributed by atoms with Crippen molar-refractivity contribution >= 4 is 28.1 Å². The summed E-state index contributed by atoms with van der Waals surface area (Å²) in [5.74, 6) is 0. The topological polar surface area (TPSA) is 38.0 Å². The number of fused-ring (bicyclic) bond motifs is 1. The van der Waals surface area contributed by atoms with E-state index in [0.29, 0.717) is 11.6 Å². The van der Waals surface area contributed by atoms with Gasteiger partial charge >= 0.3 is 0 Å². The largest absolute Gasteiger partial charge is 0.376 e. The van der Waals surface area contributed by atoms with E-state index in [2.05, 4.69) is 41.7 Å². The maximum absolute atomic E-state index is 6.23. The van der Waals surface area contributed by atoms with Gasteiger partial charge in [-0.3, -0.25) is 0 Å². The Hall–Kier alpha value is -2.03. The van der Waals surface area contributed by atoms with Crippen LogP contribution in [-0.2, 0) is 0 Å². The molecule has 0 saturated carbocycles. The molecule has 0 saturated heterocycles. The van der Waals surface area contributed by atoms with Gasteiger partial charge in [-0.15, -0.1) is 0 Å². The molecule has 0 bridgehead atoms. The van der Waals surface area contributed by atoms with Gasteiger partial charge in [-0.2, -0.15) is 0 Å². The minimum atomic E-state index is 0.0241. The molecule has 0 aromatic heterocycles. The first-order valence-electron chi connectivity index (χ1n) is 6.98. The molecule has 0 aliphatic carbocycles. The van der Waals surface area contributed by atoms with Gasteiger partial charge in [0.25, 0.3) is 0 Å². The van der Waals surface area contributed by atoms with Gasteiger partial charge < -0.3 is 11.1 Å². The first-order valence-corrected chi connectivity index (χ1v) is 7.36. The van der Waals surface area contributed by atoms with Crippen LogP contribution in [0.15, 0.2) is 66.7 Å². The van der Waals surface area contributed by atoms with Crippen LogP contribution >= 0.6 is 11.6 Å². The molecule has 0 radical (unpaired) electrons. The van der Waals surface area contributed by atoms with Crippen LogP contribution in [0.25, 0.3) is 10.8 Å². The fraction of sp³-hybridized carbons (Fsp3) is 0.111. The summed E-state index contributed by atoms with van der Waals surface area (Å²) in [5, 5.41) is 6.59. The first-order chi connectivity index (χ1) is 10.3. The predicted molar refractivity (Wildman–Crippen MR) is 90.8 cm³/mol. The van der Waals surface area contributed by atoms with Gasteiger partial charge in [-0.05, 0) is 28.5 Å². The SMILES string of the molecule is NCC(Nc1ccccc1Cl)c1cccc2ccccc12. The normalized spacial score (nSPS) is 12.3. The number of hydrogen-bond acceptors (Lipinski definition) is 2. The van der Waals surface area contributed by atoms with Gasteiger partial charge in [0.05, 0.1) is 16.8 Å². The van der Waals surface area contributed by atoms with Gasteiger partial charge in [0.15, 0.2) is 0 Å². The fourth-order valence-electron chi connectivity index (χ4n) is 2.58. The van der Waals surface area contributed by atoms with Crippen molar-refractivity contribution < 1.29 is 0 Å². The van der Waals surface area contributed by atoms with Crippen molar-refractivity contribution in [2.45, 2.75) is 6.04 Å². The summed E-state index contributed by atoms with van der Waals surface area (Å²) in [5.41, 5.74) is 8.08. The third kappa shape index (κ3) is 2.87. The molecule has 21 heavy (non-hydrogen) atoms. The van der Waals surface area contributed by atoms with Crippen LogP contribution in [-0.4, -0.2) is 6.54 Å². The zero-order chi connectivity index (χ0) is 14.7. The third-order valence-corrected chi connectivity index (χ3v) is 3.97. The molecular weight excluding hydrogens is 280 g/mol. The fourth-order valence-corrected chi connectivity index (χ4v) is 2.77. The van der Waals surface area contributed by atoms with E-state index in [-0.39, 0.29) is 6.04 Å².